The molecule has 1 amide bonds. The maximum Gasteiger partial charge on any atom is 0.234 e. The van der Waals surface area contributed by atoms with Crippen molar-refractivity contribution in [3.63, 3.8) is 0 Å². The summed E-state index contributed by atoms with van der Waals surface area (Å²) >= 11 is 0. The minimum absolute atomic E-state index is 0.116. The molecule has 0 aliphatic carbocycles. The summed E-state index contributed by atoms with van der Waals surface area (Å²) in [5.74, 6) is -0.517. The van der Waals surface area contributed by atoms with E-state index in [2.05, 4.69) is 15.3 Å². The number of amides is 1. The molecule has 0 aliphatic heterocycles. The van der Waals surface area contributed by atoms with E-state index < -0.39 is 5.91 Å². The lowest BCUT2D eigenvalue weighted by molar-refractivity contribution is -0.127. The molecule has 3 aromatic rings. The van der Waals surface area contributed by atoms with Gasteiger partial charge in [-0.2, -0.15) is 0 Å². The van der Waals surface area contributed by atoms with Crippen LogP contribution in [-0.2, 0) is 9.59 Å². The molecule has 1 heterocycles. The van der Waals surface area contributed by atoms with Crippen LogP contribution in [0, 0.1) is 5.92 Å². The fourth-order valence-electron chi connectivity index (χ4n) is 2.55. The van der Waals surface area contributed by atoms with Gasteiger partial charge in [0.15, 0.2) is 0 Å². The number of nitrogens with one attached hydrogen (secondary N) is 1. The molecular weight excluding hydrogens is 338 g/mol. The van der Waals surface area contributed by atoms with Crippen molar-refractivity contribution >= 4 is 17.6 Å². The SMILES string of the molecule is CC(C)C(=O)CC(=O)Nc1nc(-c2ccccc2)cc(-c2ccccc2)n1. The average Bonchev–Trinajstić information content (AvgIpc) is 2.69. The predicted molar refractivity (Wildman–Crippen MR) is 106 cm³/mol. The van der Waals surface area contributed by atoms with E-state index in [9.17, 15) is 9.59 Å². The molecule has 0 saturated heterocycles. The first-order chi connectivity index (χ1) is 13.0. The number of Topliss-reactive ketones (excluding diaryl/α,β-unsaturated/α-hetero) is 1. The first kappa shape index (κ1) is 18.5. The van der Waals surface area contributed by atoms with E-state index in [0.29, 0.717) is 11.4 Å². The number of carbonyl (C=O) groups is 2. The van der Waals surface area contributed by atoms with Crippen molar-refractivity contribution in [3.05, 3.63) is 66.7 Å². The normalized spacial score (nSPS) is 10.6. The summed E-state index contributed by atoms with van der Waals surface area (Å²) in [5.41, 5.74) is 3.25. The molecule has 27 heavy (non-hydrogen) atoms. The maximum atomic E-state index is 12.2. The first-order valence-corrected chi connectivity index (χ1v) is 8.85. The lowest BCUT2D eigenvalue weighted by Gasteiger charge is -2.10. The van der Waals surface area contributed by atoms with Crippen LogP contribution >= 0.6 is 0 Å². The largest absolute Gasteiger partial charge is 0.299 e. The van der Waals surface area contributed by atoms with Crippen molar-refractivity contribution in [2.75, 3.05) is 5.32 Å². The number of ketones is 1. The summed E-state index contributed by atoms with van der Waals surface area (Å²) in [7, 11) is 0. The molecule has 0 saturated carbocycles. The third-order valence-electron chi connectivity index (χ3n) is 4.10. The van der Waals surface area contributed by atoms with Crippen LogP contribution in [0.3, 0.4) is 0 Å². The highest BCUT2D eigenvalue weighted by molar-refractivity contribution is 6.04. The summed E-state index contributed by atoms with van der Waals surface area (Å²) in [4.78, 5) is 33.0. The average molecular weight is 359 g/mol. The van der Waals surface area contributed by atoms with Crippen LogP contribution in [0.15, 0.2) is 66.7 Å². The van der Waals surface area contributed by atoms with Gasteiger partial charge in [-0.25, -0.2) is 9.97 Å². The Balaban J connectivity index is 1.95. The Morgan fingerprint density at radius 1 is 0.852 bits per heavy atom. The number of hydrogen-bond acceptors (Lipinski definition) is 4. The highest BCUT2D eigenvalue weighted by atomic mass is 16.2. The fourth-order valence-corrected chi connectivity index (χ4v) is 2.55. The highest BCUT2D eigenvalue weighted by Gasteiger charge is 2.15. The van der Waals surface area contributed by atoms with E-state index in [1.165, 1.54) is 0 Å². The zero-order valence-corrected chi connectivity index (χ0v) is 15.3. The van der Waals surface area contributed by atoms with Gasteiger partial charge in [0.05, 0.1) is 17.8 Å². The van der Waals surface area contributed by atoms with Gasteiger partial charge in [-0.15, -0.1) is 0 Å². The van der Waals surface area contributed by atoms with Gasteiger partial charge in [0.25, 0.3) is 0 Å². The molecule has 0 bridgehead atoms. The van der Waals surface area contributed by atoms with Gasteiger partial charge in [0.2, 0.25) is 11.9 Å². The zero-order valence-electron chi connectivity index (χ0n) is 15.3. The third-order valence-corrected chi connectivity index (χ3v) is 4.10. The maximum absolute atomic E-state index is 12.2. The number of rotatable bonds is 6. The lowest BCUT2D eigenvalue weighted by Crippen LogP contribution is -2.20. The molecule has 0 radical (unpaired) electrons. The van der Waals surface area contributed by atoms with Crippen molar-refractivity contribution < 1.29 is 9.59 Å². The Bertz CT molecular complexity index is 881. The summed E-state index contributed by atoms with van der Waals surface area (Å²) in [6.07, 6.45) is -0.183. The quantitative estimate of drug-likeness (QED) is 0.664. The number of nitrogens with zero attached hydrogens (tertiary/aromatic N) is 2. The number of anilines is 1. The van der Waals surface area contributed by atoms with Crippen LogP contribution in [0.4, 0.5) is 5.95 Å². The van der Waals surface area contributed by atoms with Crippen molar-refractivity contribution in [2.24, 2.45) is 5.92 Å². The highest BCUT2D eigenvalue weighted by Crippen LogP contribution is 2.25. The Hall–Kier alpha value is -3.34. The van der Waals surface area contributed by atoms with Crippen molar-refractivity contribution in [1.29, 1.82) is 0 Å². The van der Waals surface area contributed by atoms with Crippen molar-refractivity contribution in [3.8, 4) is 22.5 Å². The molecule has 0 unspecified atom stereocenters. The van der Waals surface area contributed by atoms with Gasteiger partial charge in [-0.3, -0.25) is 14.9 Å². The van der Waals surface area contributed by atoms with Crippen molar-refractivity contribution in [2.45, 2.75) is 20.3 Å². The fraction of sp³-hybridized carbons (Fsp3) is 0.182. The van der Waals surface area contributed by atoms with Crippen LogP contribution in [0.25, 0.3) is 22.5 Å². The Kier molecular flexibility index (Phi) is 5.71. The second-order valence-corrected chi connectivity index (χ2v) is 6.54. The molecule has 136 valence electrons. The Morgan fingerprint density at radius 2 is 1.33 bits per heavy atom. The van der Waals surface area contributed by atoms with E-state index in [-0.39, 0.29) is 24.1 Å². The van der Waals surface area contributed by atoms with Crippen LogP contribution in [0.1, 0.15) is 20.3 Å². The molecule has 0 fully saturated rings. The minimum atomic E-state index is -0.405. The summed E-state index contributed by atoms with van der Waals surface area (Å²) in [6, 6.07) is 21.3. The third kappa shape index (κ3) is 4.85. The molecule has 5 nitrogen and oxygen atoms in total. The molecule has 2 aromatic carbocycles. The molecule has 0 aliphatic rings. The van der Waals surface area contributed by atoms with Crippen LogP contribution in [0.2, 0.25) is 0 Å². The van der Waals surface area contributed by atoms with Crippen LogP contribution in [-0.4, -0.2) is 21.7 Å². The summed E-state index contributed by atoms with van der Waals surface area (Å²) < 4.78 is 0. The van der Waals surface area contributed by atoms with Crippen LogP contribution < -0.4 is 5.32 Å². The Labute approximate surface area is 158 Å². The molecular formula is C22H21N3O2. The molecule has 3 rings (SSSR count). The summed E-state index contributed by atoms with van der Waals surface area (Å²) in [6.45, 7) is 3.55. The van der Waals surface area contributed by atoms with Gasteiger partial charge in [0, 0.05) is 17.0 Å². The molecule has 0 atom stereocenters. The van der Waals surface area contributed by atoms with E-state index >= 15 is 0 Å². The van der Waals surface area contributed by atoms with E-state index in [4.69, 9.17) is 0 Å². The van der Waals surface area contributed by atoms with Gasteiger partial charge < -0.3 is 0 Å². The van der Waals surface area contributed by atoms with Crippen LogP contribution in [0.5, 0.6) is 0 Å². The zero-order chi connectivity index (χ0) is 19.2. The van der Waals surface area contributed by atoms with Crippen molar-refractivity contribution in [1.82, 2.24) is 9.97 Å². The lowest BCUT2D eigenvalue weighted by atomic mass is 10.1. The number of hydrogen-bond donors (Lipinski definition) is 1. The Morgan fingerprint density at radius 3 is 1.78 bits per heavy atom. The van der Waals surface area contributed by atoms with Gasteiger partial charge >= 0.3 is 0 Å². The van der Waals surface area contributed by atoms with E-state index in [1.54, 1.807) is 13.8 Å². The smallest absolute Gasteiger partial charge is 0.234 e. The van der Waals surface area contributed by atoms with E-state index in [1.807, 2.05) is 66.7 Å². The first-order valence-electron chi connectivity index (χ1n) is 8.85. The van der Waals surface area contributed by atoms with Gasteiger partial charge in [-0.1, -0.05) is 74.5 Å². The predicted octanol–water partition coefficient (Wildman–Crippen LogP) is 4.36. The molecule has 1 aromatic heterocycles. The second-order valence-electron chi connectivity index (χ2n) is 6.54. The second kappa shape index (κ2) is 8.36. The standard InChI is InChI=1S/C22H21N3O2/c1-15(2)20(26)14-21(27)25-22-23-18(16-9-5-3-6-10-16)13-19(24-22)17-11-7-4-8-12-17/h3-13,15H,14H2,1-2H3,(H,23,24,25,27). The van der Waals surface area contributed by atoms with Gasteiger partial charge in [0.1, 0.15) is 5.78 Å². The summed E-state index contributed by atoms with van der Waals surface area (Å²) in [5, 5.41) is 2.67. The number of aromatic nitrogens is 2. The van der Waals surface area contributed by atoms with E-state index in [0.717, 1.165) is 11.1 Å². The number of benzene rings is 2. The monoisotopic (exact) mass is 359 g/mol. The minimum Gasteiger partial charge on any atom is -0.299 e. The van der Waals surface area contributed by atoms with Gasteiger partial charge in [-0.05, 0) is 6.07 Å². The molecule has 5 heteroatoms. The number of carbonyl (C=O) groups excluding carboxylic acids is 2. The topological polar surface area (TPSA) is 72.0 Å². The molecule has 1 N–H and O–H groups in total. The molecule has 0 spiro atoms.